The van der Waals surface area contributed by atoms with E-state index in [4.69, 9.17) is 0 Å². The molecule has 0 atom stereocenters. The van der Waals surface area contributed by atoms with E-state index in [0.717, 1.165) is 10.7 Å². The molecule has 0 spiro atoms. The molecule has 1 aromatic heterocycles. The third-order valence-corrected chi connectivity index (χ3v) is 5.08. The van der Waals surface area contributed by atoms with Gasteiger partial charge in [0.1, 0.15) is 4.88 Å². The van der Waals surface area contributed by atoms with Gasteiger partial charge in [-0.3, -0.25) is 9.59 Å². The molecule has 1 aromatic carbocycles. The quantitative estimate of drug-likeness (QED) is 0.755. The average Bonchev–Trinajstić information content (AvgIpc) is 3.16. The zero-order valence-corrected chi connectivity index (χ0v) is 15.6. The minimum Gasteiger partial charge on any atom is -0.345 e. The van der Waals surface area contributed by atoms with Crippen LogP contribution < -0.4 is 4.90 Å². The van der Waals surface area contributed by atoms with Gasteiger partial charge in [-0.1, -0.05) is 35.5 Å². The zero-order chi connectivity index (χ0) is 18.5. The number of nitrogens with zero attached hydrogens (tertiary/aromatic N) is 4. The van der Waals surface area contributed by atoms with Crippen molar-refractivity contribution in [2.75, 3.05) is 45.2 Å². The smallest absolute Gasteiger partial charge is 0.298 e. The van der Waals surface area contributed by atoms with Gasteiger partial charge in [0.05, 0.1) is 6.20 Å². The van der Waals surface area contributed by atoms with Crippen LogP contribution in [-0.4, -0.2) is 66.9 Å². The maximum atomic E-state index is 12.3. The number of piperazine rings is 1. The van der Waals surface area contributed by atoms with Gasteiger partial charge in [-0.05, 0) is 12.1 Å². The maximum Gasteiger partial charge on any atom is 0.298 e. The molecule has 1 aliphatic heterocycles. The highest BCUT2D eigenvalue weighted by molar-refractivity contribution is 7.17. The van der Waals surface area contributed by atoms with Crippen molar-refractivity contribution in [1.82, 2.24) is 14.8 Å². The first kappa shape index (κ1) is 18.0. The van der Waals surface area contributed by atoms with Gasteiger partial charge in [0.2, 0.25) is 0 Å². The summed E-state index contributed by atoms with van der Waals surface area (Å²) in [5, 5.41) is 0.817. The van der Waals surface area contributed by atoms with Crippen LogP contribution in [0.25, 0.3) is 0 Å². The lowest BCUT2D eigenvalue weighted by Gasteiger charge is -2.33. The van der Waals surface area contributed by atoms with E-state index < -0.39 is 0 Å². The summed E-state index contributed by atoms with van der Waals surface area (Å²) >= 11 is 1.39. The summed E-state index contributed by atoms with van der Waals surface area (Å²) in [5.74, 6) is 5.41. The molecule has 2 amide bonds. The molecular formula is C19H20N4O2S. The molecule has 1 saturated heterocycles. The average molecular weight is 368 g/mol. The number of anilines is 1. The molecule has 1 fully saturated rings. The number of hydrogen-bond donors (Lipinski definition) is 0. The second-order valence-electron chi connectivity index (χ2n) is 6.10. The lowest BCUT2D eigenvalue weighted by molar-refractivity contribution is -0.125. The van der Waals surface area contributed by atoms with Gasteiger partial charge in [-0.15, -0.1) is 0 Å². The summed E-state index contributed by atoms with van der Waals surface area (Å²) in [4.78, 5) is 34.6. The molecular weight excluding hydrogens is 348 g/mol. The predicted octanol–water partition coefficient (Wildman–Crippen LogP) is 1.55. The minimum absolute atomic E-state index is 0.0428. The lowest BCUT2D eigenvalue weighted by atomic mass is 10.2. The van der Waals surface area contributed by atoms with Crippen LogP contribution in [-0.2, 0) is 4.79 Å². The van der Waals surface area contributed by atoms with Crippen molar-refractivity contribution in [3.8, 4) is 11.8 Å². The van der Waals surface area contributed by atoms with E-state index in [0.29, 0.717) is 31.1 Å². The molecule has 1 aliphatic rings. The van der Waals surface area contributed by atoms with Crippen molar-refractivity contribution in [3.05, 3.63) is 47.0 Å². The van der Waals surface area contributed by atoms with Crippen LogP contribution in [0.2, 0.25) is 0 Å². The molecule has 0 radical (unpaired) electrons. The summed E-state index contributed by atoms with van der Waals surface area (Å²) in [5.41, 5.74) is 0.834. The second kappa shape index (κ2) is 8.02. The van der Waals surface area contributed by atoms with E-state index in [9.17, 15) is 9.59 Å². The van der Waals surface area contributed by atoms with Crippen molar-refractivity contribution in [1.29, 1.82) is 0 Å². The summed E-state index contributed by atoms with van der Waals surface area (Å²) < 4.78 is 0. The summed E-state index contributed by atoms with van der Waals surface area (Å²) in [6, 6.07) is 9.48. The SMILES string of the molecule is CN(C)C(=O)c1cnc(N2CCN(C(=O)C#Cc3ccccc3)CC2)s1. The van der Waals surface area contributed by atoms with Gasteiger partial charge in [-0.2, -0.15) is 0 Å². The van der Waals surface area contributed by atoms with E-state index >= 15 is 0 Å². The summed E-state index contributed by atoms with van der Waals surface area (Å²) in [6.07, 6.45) is 1.62. The normalized spacial score (nSPS) is 13.8. The molecule has 0 unspecified atom stereocenters. The number of carbonyl (C=O) groups excluding carboxylic acids is 2. The highest BCUT2D eigenvalue weighted by Gasteiger charge is 2.23. The van der Waals surface area contributed by atoms with Crippen LogP contribution in [0, 0.1) is 11.8 Å². The molecule has 7 heteroatoms. The Labute approximate surface area is 157 Å². The molecule has 2 heterocycles. The number of thiazole rings is 1. The van der Waals surface area contributed by atoms with Crippen molar-refractivity contribution in [3.63, 3.8) is 0 Å². The van der Waals surface area contributed by atoms with E-state index in [-0.39, 0.29) is 11.8 Å². The van der Waals surface area contributed by atoms with Gasteiger partial charge in [0.15, 0.2) is 5.13 Å². The molecule has 3 rings (SSSR count). The number of aromatic nitrogens is 1. The number of rotatable bonds is 2. The molecule has 2 aromatic rings. The molecule has 0 aliphatic carbocycles. The van der Waals surface area contributed by atoms with Crippen molar-refractivity contribution >= 4 is 28.3 Å². The first-order valence-electron chi connectivity index (χ1n) is 8.33. The summed E-state index contributed by atoms with van der Waals surface area (Å²) in [7, 11) is 3.45. The third kappa shape index (κ3) is 4.21. The highest BCUT2D eigenvalue weighted by atomic mass is 32.1. The van der Waals surface area contributed by atoms with Crippen molar-refractivity contribution in [2.45, 2.75) is 0 Å². The minimum atomic E-state index is -0.156. The lowest BCUT2D eigenvalue weighted by Crippen LogP contribution is -2.48. The first-order chi connectivity index (χ1) is 12.5. The fourth-order valence-electron chi connectivity index (χ4n) is 2.56. The van der Waals surface area contributed by atoms with Crippen molar-refractivity contribution in [2.24, 2.45) is 0 Å². The molecule has 0 saturated carbocycles. The highest BCUT2D eigenvalue weighted by Crippen LogP contribution is 2.24. The Morgan fingerprint density at radius 1 is 1.12 bits per heavy atom. The predicted molar refractivity (Wildman–Crippen MR) is 102 cm³/mol. The van der Waals surface area contributed by atoms with Gasteiger partial charge in [0.25, 0.3) is 11.8 Å². The van der Waals surface area contributed by atoms with Gasteiger partial charge < -0.3 is 14.7 Å². The van der Waals surface area contributed by atoms with Crippen LogP contribution in [0.5, 0.6) is 0 Å². The second-order valence-corrected chi connectivity index (χ2v) is 7.11. The Morgan fingerprint density at radius 3 is 2.46 bits per heavy atom. The topological polar surface area (TPSA) is 56.8 Å². The maximum absolute atomic E-state index is 12.3. The fraction of sp³-hybridized carbons (Fsp3) is 0.316. The van der Waals surface area contributed by atoms with E-state index in [1.54, 1.807) is 30.1 Å². The number of carbonyl (C=O) groups is 2. The first-order valence-corrected chi connectivity index (χ1v) is 9.14. The van der Waals surface area contributed by atoms with Crippen LogP contribution in [0.15, 0.2) is 36.5 Å². The monoisotopic (exact) mass is 368 g/mol. The van der Waals surface area contributed by atoms with Crippen molar-refractivity contribution < 1.29 is 9.59 Å². The van der Waals surface area contributed by atoms with Gasteiger partial charge >= 0.3 is 0 Å². The largest absolute Gasteiger partial charge is 0.345 e. The van der Waals surface area contributed by atoms with E-state index in [1.165, 1.54) is 11.3 Å². The standard InChI is InChI=1S/C19H20N4O2S/c1-21(2)18(25)16-14-20-19(26-16)23-12-10-22(11-13-23)17(24)9-8-15-6-4-3-5-7-15/h3-7,14H,10-13H2,1-2H3. The molecule has 26 heavy (non-hydrogen) atoms. The van der Waals surface area contributed by atoms with Gasteiger partial charge in [0, 0.05) is 51.8 Å². The van der Waals surface area contributed by atoms with E-state index in [1.807, 2.05) is 30.3 Å². The van der Waals surface area contributed by atoms with Crippen LogP contribution >= 0.6 is 11.3 Å². The van der Waals surface area contributed by atoms with E-state index in [2.05, 4.69) is 21.7 Å². The molecule has 0 bridgehead atoms. The molecule has 134 valence electrons. The Bertz CT molecular complexity index is 843. The Hall–Kier alpha value is -2.85. The van der Waals surface area contributed by atoms with Gasteiger partial charge in [-0.25, -0.2) is 4.98 Å². The third-order valence-electron chi connectivity index (χ3n) is 4.04. The number of hydrogen-bond acceptors (Lipinski definition) is 5. The summed E-state index contributed by atoms with van der Waals surface area (Å²) in [6.45, 7) is 2.56. The Balaban J connectivity index is 1.57. The Morgan fingerprint density at radius 2 is 1.81 bits per heavy atom. The molecule has 0 N–H and O–H groups in total. The fourth-order valence-corrected chi connectivity index (χ4v) is 3.55. The number of benzene rings is 1. The molecule has 6 nitrogen and oxygen atoms in total. The zero-order valence-electron chi connectivity index (χ0n) is 14.8. The number of amides is 2. The van der Waals surface area contributed by atoms with Crippen LogP contribution in [0.1, 0.15) is 15.2 Å². The van der Waals surface area contributed by atoms with Crippen LogP contribution in [0.4, 0.5) is 5.13 Å². The Kier molecular flexibility index (Phi) is 5.54. The van der Waals surface area contributed by atoms with Crippen LogP contribution in [0.3, 0.4) is 0 Å².